The molecule has 9 heteroatoms. The minimum atomic E-state index is -4.15. The topological polar surface area (TPSA) is 105 Å². The summed E-state index contributed by atoms with van der Waals surface area (Å²) in [6, 6.07) is 17.6. The summed E-state index contributed by atoms with van der Waals surface area (Å²) >= 11 is 0. The Morgan fingerprint density at radius 2 is 1.83 bits per heavy atom. The van der Waals surface area contributed by atoms with Gasteiger partial charge in [-0.1, -0.05) is 24.3 Å². The van der Waals surface area contributed by atoms with E-state index in [0.717, 1.165) is 0 Å². The summed E-state index contributed by atoms with van der Waals surface area (Å²) in [5, 5.41) is 12.0. The first-order chi connectivity index (χ1) is 16.8. The maximum absolute atomic E-state index is 13.1. The molecule has 3 aromatic carbocycles. The lowest BCUT2D eigenvalue weighted by molar-refractivity contribution is -0.112. The van der Waals surface area contributed by atoms with Crippen molar-refractivity contribution in [2.75, 3.05) is 12.4 Å². The number of ether oxygens (including phenoxy) is 1. The van der Waals surface area contributed by atoms with Crippen LogP contribution in [0.1, 0.15) is 11.1 Å². The predicted octanol–water partition coefficient (Wildman–Crippen LogP) is 4.88. The summed E-state index contributed by atoms with van der Waals surface area (Å²) in [5.41, 5.74) is 0.902. The molecule has 0 bridgehead atoms. The van der Waals surface area contributed by atoms with Gasteiger partial charge >= 0.3 is 10.1 Å². The molecule has 3 rings (SSSR count). The summed E-state index contributed by atoms with van der Waals surface area (Å²) in [5.74, 6) is -1.10. The zero-order valence-corrected chi connectivity index (χ0v) is 19.5. The molecule has 0 saturated heterocycles. The smallest absolute Gasteiger partial charge is 0.339 e. The lowest BCUT2D eigenvalue weighted by Crippen LogP contribution is -2.13. The van der Waals surface area contributed by atoms with E-state index in [1.807, 2.05) is 6.07 Å². The van der Waals surface area contributed by atoms with Gasteiger partial charge in [0.15, 0.2) is 11.5 Å². The van der Waals surface area contributed by atoms with Crippen LogP contribution in [0.3, 0.4) is 0 Å². The third-order valence-electron chi connectivity index (χ3n) is 4.74. The molecule has 35 heavy (non-hydrogen) atoms. The SMILES string of the molecule is C=CCc1cc(/C=C(\C#N)C(=O)Nc2ccc(F)cc2)cc(OC)c1OS(=O)(=O)c1ccccc1. The van der Waals surface area contributed by atoms with E-state index in [9.17, 15) is 22.9 Å². The van der Waals surface area contributed by atoms with Crippen molar-refractivity contribution in [3.63, 3.8) is 0 Å². The normalized spacial score (nSPS) is 11.3. The first-order valence-corrected chi connectivity index (χ1v) is 11.7. The molecule has 0 saturated carbocycles. The summed E-state index contributed by atoms with van der Waals surface area (Å²) in [6.07, 6.45) is 3.10. The van der Waals surface area contributed by atoms with Gasteiger partial charge in [-0.05, 0) is 66.6 Å². The Kier molecular flexibility index (Phi) is 8.02. The number of benzene rings is 3. The Morgan fingerprint density at radius 1 is 1.14 bits per heavy atom. The van der Waals surface area contributed by atoms with E-state index in [1.54, 1.807) is 30.3 Å². The van der Waals surface area contributed by atoms with Crippen molar-refractivity contribution >= 4 is 27.8 Å². The van der Waals surface area contributed by atoms with Gasteiger partial charge in [0.05, 0.1) is 7.11 Å². The van der Waals surface area contributed by atoms with Gasteiger partial charge in [0.25, 0.3) is 5.91 Å². The molecule has 0 atom stereocenters. The molecular formula is C26H21FN2O5S. The summed E-state index contributed by atoms with van der Waals surface area (Å²) < 4.78 is 49.5. The van der Waals surface area contributed by atoms with Crippen LogP contribution in [-0.2, 0) is 21.3 Å². The minimum absolute atomic E-state index is 0.0253. The van der Waals surface area contributed by atoms with Crippen molar-refractivity contribution in [3.8, 4) is 17.6 Å². The molecule has 3 aromatic rings. The number of nitrogens with zero attached hydrogens (tertiary/aromatic N) is 1. The fourth-order valence-electron chi connectivity index (χ4n) is 3.11. The van der Waals surface area contributed by atoms with Crippen molar-refractivity contribution in [2.45, 2.75) is 11.3 Å². The minimum Gasteiger partial charge on any atom is -0.493 e. The van der Waals surface area contributed by atoms with Crippen LogP contribution in [0.5, 0.6) is 11.5 Å². The number of carbonyl (C=O) groups excluding carboxylic acids is 1. The number of allylic oxidation sites excluding steroid dienone is 1. The number of halogens is 1. The summed E-state index contributed by atoms with van der Waals surface area (Å²) in [6.45, 7) is 3.69. The van der Waals surface area contributed by atoms with Crippen molar-refractivity contribution in [3.05, 3.63) is 102 Å². The molecule has 178 valence electrons. The van der Waals surface area contributed by atoms with Crippen molar-refractivity contribution in [1.82, 2.24) is 0 Å². The Morgan fingerprint density at radius 3 is 2.43 bits per heavy atom. The molecule has 0 spiro atoms. The second-order valence-electron chi connectivity index (χ2n) is 7.19. The number of hydrogen-bond donors (Lipinski definition) is 1. The molecule has 0 radical (unpaired) electrons. The highest BCUT2D eigenvalue weighted by Gasteiger charge is 2.22. The van der Waals surface area contributed by atoms with E-state index in [1.165, 1.54) is 55.7 Å². The fraction of sp³-hybridized carbons (Fsp3) is 0.0769. The highest BCUT2D eigenvalue weighted by atomic mass is 32.2. The number of amides is 1. The average molecular weight is 493 g/mol. The third kappa shape index (κ3) is 6.34. The van der Waals surface area contributed by atoms with Gasteiger partial charge < -0.3 is 14.2 Å². The average Bonchev–Trinajstić information content (AvgIpc) is 2.85. The molecular weight excluding hydrogens is 471 g/mol. The third-order valence-corrected chi connectivity index (χ3v) is 5.98. The van der Waals surface area contributed by atoms with Gasteiger partial charge in [0.2, 0.25) is 0 Å². The molecule has 0 aliphatic carbocycles. The summed E-state index contributed by atoms with van der Waals surface area (Å²) in [4.78, 5) is 12.5. The van der Waals surface area contributed by atoms with Crippen LogP contribution in [-0.4, -0.2) is 21.4 Å². The van der Waals surface area contributed by atoms with Crippen LogP contribution >= 0.6 is 0 Å². The molecule has 0 fully saturated rings. The van der Waals surface area contributed by atoms with Crippen LogP contribution in [0.15, 0.2) is 89.9 Å². The van der Waals surface area contributed by atoms with Crippen LogP contribution in [0.4, 0.5) is 10.1 Å². The van der Waals surface area contributed by atoms with Gasteiger partial charge in [-0.2, -0.15) is 13.7 Å². The molecule has 0 unspecified atom stereocenters. The van der Waals surface area contributed by atoms with E-state index in [-0.39, 0.29) is 28.4 Å². The number of anilines is 1. The zero-order chi connectivity index (χ0) is 25.4. The van der Waals surface area contributed by atoms with Gasteiger partial charge in [0, 0.05) is 11.3 Å². The molecule has 1 N–H and O–H groups in total. The Balaban J connectivity index is 1.98. The second-order valence-corrected chi connectivity index (χ2v) is 8.73. The number of rotatable bonds is 9. The first kappa shape index (κ1) is 25.2. The fourth-order valence-corrected chi connectivity index (χ4v) is 4.11. The molecule has 0 heterocycles. The van der Waals surface area contributed by atoms with Crippen molar-refractivity contribution in [1.29, 1.82) is 5.26 Å². The Bertz CT molecular complexity index is 1410. The number of carbonyl (C=O) groups is 1. The number of methoxy groups -OCH3 is 1. The van der Waals surface area contributed by atoms with Crippen LogP contribution in [0.2, 0.25) is 0 Å². The monoisotopic (exact) mass is 492 g/mol. The number of hydrogen-bond acceptors (Lipinski definition) is 6. The maximum Gasteiger partial charge on any atom is 0.339 e. The highest BCUT2D eigenvalue weighted by Crippen LogP contribution is 2.36. The number of nitrogens with one attached hydrogen (secondary N) is 1. The van der Waals surface area contributed by atoms with Crippen molar-refractivity contribution in [2.24, 2.45) is 0 Å². The van der Waals surface area contributed by atoms with E-state index < -0.39 is 21.8 Å². The molecule has 0 aliphatic heterocycles. The largest absolute Gasteiger partial charge is 0.493 e. The first-order valence-electron chi connectivity index (χ1n) is 10.3. The molecule has 0 aromatic heterocycles. The highest BCUT2D eigenvalue weighted by molar-refractivity contribution is 7.87. The van der Waals surface area contributed by atoms with Crippen LogP contribution in [0.25, 0.3) is 6.08 Å². The quantitative estimate of drug-likeness (QED) is 0.198. The predicted molar refractivity (Wildman–Crippen MR) is 130 cm³/mol. The lowest BCUT2D eigenvalue weighted by Gasteiger charge is -2.15. The Hall–Kier alpha value is -4.42. The Labute approximate surface area is 202 Å². The van der Waals surface area contributed by atoms with Crippen LogP contribution < -0.4 is 14.2 Å². The number of nitriles is 1. The van der Waals surface area contributed by atoms with E-state index in [2.05, 4.69) is 11.9 Å². The zero-order valence-electron chi connectivity index (χ0n) is 18.7. The van der Waals surface area contributed by atoms with Gasteiger partial charge in [0.1, 0.15) is 22.4 Å². The second kappa shape index (κ2) is 11.1. The molecule has 1 amide bonds. The van der Waals surface area contributed by atoms with Gasteiger partial charge in [-0.25, -0.2) is 4.39 Å². The van der Waals surface area contributed by atoms with Crippen LogP contribution in [0, 0.1) is 17.1 Å². The van der Waals surface area contributed by atoms with Crippen molar-refractivity contribution < 1.29 is 26.5 Å². The van der Waals surface area contributed by atoms with Gasteiger partial charge in [-0.3, -0.25) is 4.79 Å². The van der Waals surface area contributed by atoms with E-state index >= 15 is 0 Å². The molecule has 7 nitrogen and oxygen atoms in total. The van der Waals surface area contributed by atoms with E-state index in [4.69, 9.17) is 8.92 Å². The van der Waals surface area contributed by atoms with E-state index in [0.29, 0.717) is 16.8 Å². The summed E-state index contributed by atoms with van der Waals surface area (Å²) in [7, 11) is -2.81. The van der Waals surface area contributed by atoms with Gasteiger partial charge in [-0.15, -0.1) is 6.58 Å². The maximum atomic E-state index is 13.1. The standard InChI is InChI=1S/C26H21FN2O5S/c1-3-7-19-14-18(15-20(17-28)26(30)29-22-12-10-21(27)11-13-22)16-24(33-2)25(19)34-35(31,32)23-8-5-4-6-9-23/h3-6,8-16H,1,7H2,2H3,(H,29,30)/b20-15+. The molecule has 0 aliphatic rings. The lowest BCUT2D eigenvalue weighted by atomic mass is 10.0.